The van der Waals surface area contributed by atoms with Crippen molar-refractivity contribution in [2.75, 3.05) is 6.61 Å². The molecule has 0 unspecified atom stereocenters. The highest BCUT2D eigenvalue weighted by atomic mass is 16.5. The smallest absolute Gasteiger partial charge is 0.339 e. The van der Waals surface area contributed by atoms with Crippen LogP contribution in [0.4, 0.5) is 0 Å². The Hall–Kier alpha value is -2.68. The van der Waals surface area contributed by atoms with E-state index in [1.54, 1.807) is 13.1 Å². The normalized spacial score (nSPS) is 10.5. The van der Waals surface area contributed by atoms with Crippen molar-refractivity contribution in [3.63, 3.8) is 0 Å². The van der Waals surface area contributed by atoms with Crippen LogP contribution < -0.4 is 0 Å². The third-order valence-corrected chi connectivity index (χ3v) is 3.30. The molecule has 0 aliphatic rings. The van der Waals surface area contributed by atoms with E-state index in [0.29, 0.717) is 12.2 Å². The van der Waals surface area contributed by atoms with Gasteiger partial charge in [-0.2, -0.15) is 0 Å². The van der Waals surface area contributed by atoms with Gasteiger partial charge in [0.1, 0.15) is 0 Å². The van der Waals surface area contributed by atoms with Crippen molar-refractivity contribution in [1.82, 2.24) is 4.98 Å². The van der Waals surface area contributed by atoms with E-state index in [0.717, 1.165) is 22.0 Å². The summed E-state index contributed by atoms with van der Waals surface area (Å²) in [6.07, 6.45) is 1.56. The van der Waals surface area contributed by atoms with Crippen molar-refractivity contribution in [3.05, 3.63) is 66.4 Å². The van der Waals surface area contributed by atoms with E-state index in [1.807, 2.05) is 42.5 Å². The lowest BCUT2D eigenvalue weighted by Crippen LogP contribution is -2.04. The Bertz CT molecular complexity index is 782. The van der Waals surface area contributed by atoms with Crippen LogP contribution in [0.3, 0.4) is 0 Å². The molecule has 3 rings (SSSR count). The van der Waals surface area contributed by atoms with Crippen molar-refractivity contribution in [2.45, 2.75) is 6.92 Å². The average Bonchev–Trinajstić information content (AvgIpc) is 2.55. The molecule has 0 fully saturated rings. The standard InChI is InChI=1S/C18H15NO2/c1-2-21-18(20)16-11-15-10-14(8-9-17(15)19-12-16)13-6-4-3-5-7-13/h3-12H,2H2,1H3. The van der Waals surface area contributed by atoms with Crippen LogP contribution in [0.2, 0.25) is 0 Å². The van der Waals surface area contributed by atoms with Crippen LogP contribution in [0.5, 0.6) is 0 Å². The van der Waals surface area contributed by atoms with Gasteiger partial charge in [0.05, 0.1) is 17.7 Å². The summed E-state index contributed by atoms with van der Waals surface area (Å²) in [4.78, 5) is 16.1. The predicted molar refractivity (Wildman–Crippen MR) is 83.1 cm³/mol. The molecule has 0 aliphatic heterocycles. The van der Waals surface area contributed by atoms with E-state index < -0.39 is 0 Å². The summed E-state index contributed by atoms with van der Waals surface area (Å²) >= 11 is 0. The molecule has 0 saturated carbocycles. The minimum Gasteiger partial charge on any atom is -0.462 e. The van der Waals surface area contributed by atoms with Crippen LogP contribution in [0.15, 0.2) is 60.8 Å². The van der Waals surface area contributed by atoms with Crippen LogP contribution in [0, 0.1) is 0 Å². The maximum Gasteiger partial charge on any atom is 0.339 e. The lowest BCUT2D eigenvalue weighted by atomic mass is 10.0. The number of hydrogen-bond donors (Lipinski definition) is 0. The van der Waals surface area contributed by atoms with Crippen molar-refractivity contribution in [1.29, 1.82) is 0 Å². The summed E-state index contributed by atoms with van der Waals surface area (Å²) in [5.74, 6) is -0.336. The summed E-state index contributed by atoms with van der Waals surface area (Å²) in [7, 11) is 0. The Morgan fingerprint density at radius 3 is 2.62 bits per heavy atom. The molecule has 0 radical (unpaired) electrons. The first-order chi connectivity index (χ1) is 10.3. The van der Waals surface area contributed by atoms with Gasteiger partial charge >= 0.3 is 5.97 Å². The monoisotopic (exact) mass is 277 g/mol. The minimum atomic E-state index is -0.336. The van der Waals surface area contributed by atoms with Crippen molar-refractivity contribution in [3.8, 4) is 11.1 Å². The van der Waals surface area contributed by atoms with Crippen molar-refractivity contribution >= 4 is 16.9 Å². The van der Waals surface area contributed by atoms with Gasteiger partial charge in [-0.25, -0.2) is 4.79 Å². The largest absolute Gasteiger partial charge is 0.462 e. The predicted octanol–water partition coefficient (Wildman–Crippen LogP) is 4.08. The molecule has 1 heterocycles. The third kappa shape index (κ3) is 2.77. The van der Waals surface area contributed by atoms with Gasteiger partial charge in [-0.05, 0) is 36.2 Å². The van der Waals surface area contributed by atoms with E-state index in [2.05, 4.69) is 17.1 Å². The molecular weight excluding hydrogens is 262 g/mol. The molecule has 2 aromatic carbocycles. The molecule has 3 heteroatoms. The van der Waals surface area contributed by atoms with Gasteiger partial charge in [0.2, 0.25) is 0 Å². The molecule has 0 atom stereocenters. The number of rotatable bonds is 3. The van der Waals surface area contributed by atoms with Gasteiger partial charge in [0, 0.05) is 11.6 Å². The fourth-order valence-corrected chi connectivity index (χ4v) is 2.27. The van der Waals surface area contributed by atoms with Crippen LogP contribution in [-0.4, -0.2) is 17.6 Å². The average molecular weight is 277 g/mol. The molecule has 0 saturated heterocycles. The summed E-state index contributed by atoms with van der Waals surface area (Å²) in [5, 5.41) is 0.932. The highest BCUT2D eigenvalue weighted by Gasteiger charge is 2.08. The second-order valence-electron chi connectivity index (χ2n) is 4.72. The molecule has 0 aliphatic carbocycles. The second-order valence-corrected chi connectivity index (χ2v) is 4.72. The fourth-order valence-electron chi connectivity index (χ4n) is 2.27. The molecule has 0 spiro atoms. The maximum absolute atomic E-state index is 11.8. The molecule has 21 heavy (non-hydrogen) atoms. The van der Waals surface area contributed by atoms with Gasteiger partial charge in [-0.1, -0.05) is 36.4 Å². The van der Waals surface area contributed by atoms with Gasteiger partial charge in [-0.15, -0.1) is 0 Å². The number of carbonyl (C=O) groups is 1. The van der Waals surface area contributed by atoms with Crippen LogP contribution in [-0.2, 0) is 4.74 Å². The second kappa shape index (κ2) is 5.75. The molecule has 3 aromatic rings. The van der Waals surface area contributed by atoms with Gasteiger partial charge in [0.25, 0.3) is 0 Å². The van der Waals surface area contributed by atoms with E-state index in [-0.39, 0.29) is 5.97 Å². The molecule has 3 nitrogen and oxygen atoms in total. The lowest BCUT2D eigenvalue weighted by Gasteiger charge is -2.06. The van der Waals surface area contributed by atoms with Crippen molar-refractivity contribution < 1.29 is 9.53 Å². The number of nitrogens with zero attached hydrogens (tertiary/aromatic N) is 1. The molecule has 0 amide bonds. The Kier molecular flexibility index (Phi) is 3.65. The zero-order chi connectivity index (χ0) is 14.7. The first-order valence-corrected chi connectivity index (χ1v) is 6.90. The van der Waals surface area contributed by atoms with Gasteiger partial charge in [-0.3, -0.25) is 4.98 Å². The number of hydrogen-bond acceptors (Lipinski definition) is 3. The Morgan fingerprint density at radius 2 is 1.86 bits per heavy atom. The number of benzene rings is 2. The van der Waals surface area contributed by atoms with Crippen LogP contribution in [0.25, 0.3) is 22.0 Å². The topological polar surface area (TPSA) is 39.2 Å². The zero-order valence-electron chi connectivity index (χ0n) is 11.7. The Balaban J connectivity index is 2.05. The molecular formula is C18H15NO2. The zero-order valence-corrected chi connectivity index (χ0v) is 11.7. The molecule has 104 valence electrons. The van der Waals surface area contributed by atoms with E-state index >= 15 is 0 Å². The summed E-state index contributed by atoms with van der Waals surface area (Å²) in [6.45, 7) is 2.15. The van der Waals surface area contributed by atoms with E-state index in [1.165, 1.54) is 0 Å². The minimum absolute atomic E-state index is 0.336. The van der Waals surface area contributed by atoms with Crippen LogP contribution >= 0.6 is 0 Å². The summed E-state index contributed by atoms with van der Waals surface area (Å²) in [5.41, 5.74) is 3.59. The Morgan fingerprint density at radius 1 is 1.05 bits per heavy atom. The summed E-state index contributed by atoms with van der Waals surface area (Å²) < 4.78 is 5.01. The first-order valence-electron chi connectivity index (χ1n) is 6.90. The maximum atomic E-state index is 11.8. The quantitative estimate of drug-likeness (QED) is 0.677. The molecule has 1 aromatic heterocycles. The number of esters is 1. The number of carbonyl (C=O) groups excluding carboxylic acids is 1. The molecule has 0 bridgehead atoms. The number of aromatic nitrogens is 1. The summed E-state index contributed by atoms with van der Waals surface area (Å²) in [6, 6.07) is 18.0. The van der Waals surface area contributed by atoms with E-state index in [4.69, 9.17) is 4.74 Å². The SMILES string of the molecule is CCOC(=O)c1cnc2ccc(-c3ccccc3)cc2c1. The van der Waals surface area contributed by atoms with Gasteiger partial charge < -0.3 is 4.74 Å². The fraction of sp³-hybridized carbons (Fsp3) is 0.111. The highest BCUT2D eigenvalue weighted by Crippen LogP contribution is 2.24. The third-order valence-electron chi connectivity index (χ3n) is 3.30. The van der Waals surface area contributed by atoms with Gasteiger partial charge in [0.15, 0.2) is 0 Å². The lowest BCUT2D eigenvalue weighted by molar-refractivity contribution is 0.0526. The number of pyridine rings is 1. The first kappa shape index (κ1) is 13.3. The van der Waals surface area contributed by atoms with Crippen LogP contribution in [0.1, 0.15) is 17.3 Å². The molecule has 0 N–H and O–H groups in total. The number of ether oxygens (including phenoxy) is 1. The number of fused-ring (bicyclic) bond motifs is 1. The van der Waals surface area contributed by atoms with Crippen molar-refractivity contribution in [2.24, 2.45) is 0 Å². The highest BCUT2D eigenvalue weighted by molar-refractivity contribution is 5.94. The Labute approximate surface area is 123 Å². The van der Waals surface area contributed by atoms with E-state index in [9.17, 15) is 4.79 Å².